The first-order valence-corrected chi connectivity index (χ1v) is 9.21. The molecule has 1 aromatic heterocycles. The number of nitrogens with two attached hydrogens (primary N) is 1. The summed E-state index contributed by atoms with van der Waals surface area (Å²) in [5.41, 5.74) is 11.7. The number of urea groups is 1. The van der Waals surface area contributed by atoms with Gasteiger partial charge in [-0.25, -0.2) is 9.78 Å². The summed E-state index contributed by atoms with van der Waals surface area (Å²) in [6.45, 7) is 2.09. The molecule has 2 aliphatic rings. The van der Waals surface area contributed by atoms with Crippen molar-refractivity contribution in [1.29, 1.82) is 0 Å². The van der Waals surface area contributed by atoms with E-state index in [2.05, 4.69) is 35.9 Å². The molecule has 1 heterocycles. The molecule has 4 nitrogen and oxygen atoms in total. The number of nitrogens with one attached hydrogen (secondary N) is 1. The third-order valence-electron chi connectivity index (χ3n) is 4.34. The Kier molecular flexibility index (Phi) is 10.1. The van der Waals surface area contributed by atoms with Gasteiger partial charge < -0.3 is 18.5 Å². The molecule has 7 heteroatoms. The summed E-state index contributed by atoms with van der Waals surface area (Å²) in [4.78, 5) is 15.0. The van der Waals surface area contributed by atoms with Gasteiger partial charge in [0.15, 0.2) is 0 Å². The van der Waals surface area contributed by atoms with Crippen LogP contribution in [0.5, 0.6) is 0 Å². The number of thiazole rings is 1. The van der Waals surface area contributed by atoms with E-state index in [0.29, 0.717) is 0 Å². The normalized spacial score (nSPS) is 13.0. The first-order chi connectivity index (χ1) is 11.1. The van der Waals surface area contributed by atoms with Gasteiger partial charge in [0.2, 0.25) is 0 Å². The number of carbonyl (C=O) groups is 1. The number of nitrogens with zero attached hydrogens (tertiary/aromatic N) is 1. The van der Waals surface area contributed by atoms with E-state index in [1.54, 1.807) is 17.5 Å². The monoisotopic (exact) mass is 495 g/mol. The average Bonchev–Trinajstić information content (AvgIpc) is 3.10. The topological polar surface area (TPSA) is 68.0 Å². The second-order valence-electron chi connectivity index (χ2n) is 5.82. The number of benzene rings is 1. The largest absolute Gasteiger partial charge is 1.00 e. The van der Waals surface area contributed by atoms with Crippen molar-refractivity contribution in [3.63, 3.8) is 0 Å². The van der Waals surface area contributed by atoms with Gasteiger partial charge in [-0.05, 0) is 60.8 Å². The van der Waals surface area contributed by atoms with Crippen LogP contribution in [0.2, 0.25) is 0 Å². The number of fused-ring (bicyclic) bond motifs is 2. The van der Waals surface area contributed by atoms with Crippen molar-refractivity contribution in [1.82, 2.24) is 4.98 Å². The van der Waals surface area contributed by atoms with Crippen LogP contribution in [0.4, 0.5) is 10.5 Å². The number of anilines is 1. The van der Waals surface area contributed by atoms with Crippen molar-refractivity contribution >= 4 is 35.7 Å². The Bertz CT molecular complexity index is 746. The molecule has 0 fully saturated rings. The first kappa shape index (κ1) is 23.6. The summed E-state index contributed by atoms with van der Waals surface area (Å²) in [5.74, 6) is 0. The summed E-state index contributed by atoms with van der Waals surface area (Å²) in [5, 5.41) is 3.97. The zero-order valence-electron chi connectivity index (χ0n) is 15.2. The van der Waals surface area contributed by atoms with E-state index in [1.165, 1.54) is 28.7 Å². The van der Waals surface area contributed by atoms with E-state index in [0.717, 1.165) is 47.0 Å². The molecule has 130 valence electrons. The molecule has 1 aromatic carbocycles. The fourth-order valence-electron chi connectivity index (χ4n) is 3.18. The average molecular weight is 495 g/mol. The van der Waals surface area contributed by atoms with Crippen LogP contribution < -0.4 is 79.9 Å². The Morgan fingerprint density at radius 2 is 1.96 bits per heavy atom. The standard InChI is InChI=1S/C12H14N2O.C5H7NS2.CH3.Cs/c13-12(15)14-11-9-3-1-2-7(9)6-8-4-5-10(8)11;1-2-4-6-3-5(7)8-4;;/h6H,1-5H2,(H3,13,14,15);3,7H,2H2,1H3;1H3;/q;;-1;+1. The van der Waals surface area contributed by atoms with Gasteiger partial charge in [-0.3, -0.25) is 0 Å². The van der Waals surface area contributed by atoms with Crippen molar-refractivity contribution < 1.29 is 73.7 Å². The maximum Gasteiger partial charge on any atom is 1.00 e. The molecule has 25 heavy (non-hydrogen) atoms. The van der Waals surface area contributed by atoms with E-state index >= 15 is 0 Å². The molecule has 0 radical (unpaired) electrons. The number of rotatable bonds is 2. The number of carbonyl (C=O) groups excluding carboxylic acids is 1. The van der Waals surface area contributed by atoms with Gasteiger partial charge in [0.1, 0.15) is 0 Å². The summed E-state index contributed by atoms with van der Waals surface area (Å²) in [6.07, 6.45) is 8.46. The van der Waals surface area contributed by atoms with Crippen LogP contribution >= 0.6 is 24.0 Å². The van der Waals surface area contributed by atoms with E-state index in [-0.39, 0.29) is 76.3 Å². The van der Waals surface area contributed by atoms with Crippen LogP contribution in [-0.4, -0.2) is 11.0 Å². The third kappa shape index (κ3) is 5.75. The molecule has 3 N–H and O–H groups in total. The summed E-state index contributed by atoms with van der Waals surface area (Å²) in [7, 11) is 0. The van der Waals surface area contributed by atoms with Crippen molar-refractivity contribution in [2.75, 3.05) is 5.32 Å². The number of aromatic nitrogens is 1. The Labute approximate surface area is 218 Å². The SMILES string of the molecule is CCc1ncc(S)s1.NC(=O)Nc1c2c(cc3c1CC3)CCC2.[CH3-].[Cs+]. The molecular formula is C18H24CsN3OS2. The van der Waals surface area contributed by atoms with Gasteiger partial charge in [0, 0.05) is 5.69 Å². The van der Waals surface area contributed by atoms with Gasteiger partial charge >= 0.3 is 74.9 Å². The molecule has 0 saturated heterocycles. The molecule has 4 rings (SSSR count). The second kappa shape index (κ2) is 10.8. The number of hydrogen-bond acceptors (Lipinski definition) is 4. The van der Waals surface area contributed by atoms with Crippen LogP contribution in [0.3, 0.4) is 0 Å². The van der Waals surface area contributed by atoms with Crippen molar-refractivity contribution in [3.8, 4) is 0 Å². The molecule has 0 unspecified atom stereocenters. The van der Waals surface area contributed by atoms with E-state index < -0.39 is 6.03 Å². The molecule has 2 amide bonds. The van der Waals surface area contributed by atoms with Gasteiger partial charge in [-0.15, -0.1) is 24.0 Å². The second-order valence-corrected chi connectivity index (χ2v) is 7.72. The maximum atomic E-state index is 11.0. The summed E-state index contributed by atoms with van der Waals surface area (Å²) >= 11 is 5.76. The number of aryl methyl sites for hydroxylation is 3. The molecule has 0 aliphatic heterocycles. The van der Waals surface area contributed by atoms with Crippen LogP contribution in [0.15, 0.2) is 16.5 Å². The predicted octanol–water partition coefficient (Wildman–Crippen LogP) is 1.21. The van der Waals surface area contributed by atoms with Gasteiger partial charge in [0.25, 0.3) is 0 Å². The minimum atomic E-state index is -0.440. The van der Waals surface area contributed by atoms with Crippen LogP contribution in [-0.2, 0) is 32.1 Å². The van der Waals surface area contributed by atoms with Crippen molar-refractivity contribution in [3.05, 3.63) is 47.0 Å². The zero-order chi connectivity index (χ0) is 16.4. The van der Waals surface area contributed by atoms with Crippen molar-refractivity contribution in [2.24, 2.45) is 5.73 Å². The van der Waals surface area contributed by atoms with E-state index in [9.17, 15) is 4.79 Å². The van der Waals surface area contributed by atoms with Crippen LogP contribution in [0.1, 0.15) is 40.6 Å². The van der Waals surface area contributed by atoms with Gasteiger partial charge in [-0.1, -0.05) is 13.0 Å². The minimum absolute atomic E-state index is 0. The zero-order valence-corrected chi connectivity index (χ0v) is 23.2. The smallest absolute Gasteiger partial charge is 0.358 e. The Balaban J connectivity index is 0.000000271. The fourth-order valence-corrected chi connectivity index (χ4v) is 4.15. The summed E-state index contributed by atoms with van der Waals surface area (Å²) in [6, 6.07) is 1.87. The molecule has 0 spiro atoms. The molecule has 0 saturated carbocycles. The quantitative estimate of drug-likeness (QED) is 0.433. The Morgan fingerprint density at radius 3 is 2.44 bits per heavy atom. The van der Waals surface area contributed by atoms with E-state index in [4.69, 9.17) is 5.73 Å². The Hall–Kier alpha value is 0.522. The molecule has 2 aliphatic carbocycles. The van der Waals surface area contributed by atoms with Gasteiger partial charge in [0.05, 0.1) is 15.4 Å². The first-order valence-electron chi connectivity index (χ1n) is 7.95. The number of thiol groups is 1. The summed E-state index contributed by atoms with van der Waals surface area (Å²) < 4.78 is 1.00. The van der Waals surface area contributed by atoms with Crippen molar-refractivity contribution in [2.45, 2.75) is 49.7 Å². The predicted molar refractivity (Wildman–Crippen MR) is 104 cm³/mol. The number of primary amides is 1. The fraction of sp³-hybridized carbons (Fsp3) is 0.389. The van der Waals surface area contributed by atoms with Crippen LogP contribution in [0.25, 0.3) is 0 Å². The van der Waals surface area contributed by atoms with Crippen LogP contribution in [0, 0.1) is 7.43 Å². The molecule has 0 atom stereocenters. The molecular weight excluding hydrogens is 471 g/mol. The number of amides is 2. The molecule has 0 bridgehead atoms. The number of hydrogen-bond donors (Lipinski definition) is 3. The molecule has 2 aromatic rings. The Morgan fingerprint density at radius 1 is 1.28 bits per heavy atom. The minimum Gasteiger partial charge on any atom is -0.358 e. The van der Waals surface area contributed by atoms with E-state index in [1.807, 2.05) is 0 Å². The third-order valence-corrected chi connectivity index (χ3v) is 5.67. The maximum absolute atomic E-state index is 11.0. The van der Waals surface area contributed by atoms with Gasteiger partial charge in [-0.2, -0.15) is 0 Å².